The van der Waals surface area contributed by atoms with E-state index in [4.69, 9.17) is 15.4 Å². The molecule has 0 spiro atoms. The van der Waals surface area contributed by atoms with Gasteiger partial charge in [-0.25, -0.2) is 0 Å². The molecule has 0 bridgehead atoms. The Morgan fingerprint density at radius 1 is 1.40 bits per heavy atom. The van der Waals surface area contributed by atoms with E-state index < -0.39 is 6.41 Å². The molecule has 0 unspecified atom stereocenters. The summed E-state index contributed by atoms with van der Waals surface area (Å²) in [5, 5.41) is 22.5. The van der Waals surface area contributed by atoms with Crippen LogP contribution in [0.2, 0.25) is 0 Å². The molecule has 0 saturated heterocycles. The SMILES string of the molecule is ONC(O)O. The molecule has 0 rings (SSSR count). The second kappa shape index (κ2) is 2.10. The lowest BCUT2D eigenvalue weighted by molar-refractivity contribution is -0.137. The molecule has 0 aliphatic heterocycles. The van der Waals surface area contributed by atoms with Crippen molar-refractivity contribution in [2.24, 2.45) is 0 Å². The number of hydrogen-bond donors (Lipinski definition) is 4. The van der Waals surface area contributed by atoms with Crippen LogP contribution in [0.5, 0.6) is 0 Å². The van der Waals surface area contributed by atoms with Crippen LogP contribution in [0.15, 0.2) is 0 Å². The van der Waals surface area contributed by atoms with Gasteiger partial charge in [-0.15, -0.1) is 0 Å². The fourth-order valence-corrected chi connectivity index (χ4v) is 0. The molecule has 0 aromatic carbocycles. The Hall–Kier alpha value is -0.160. The minimum Gasteiger partial charge on any atom is -0.354 e. The smallest absolute Gasteiger partial charge is 0.233 e. The molecule has 4 nitrogen and oxygen atoms in total. The van der Waals surface area contributed by atoms with Crippen LogP contribution < -0.4 is 5.48 Å². The van der Waals surface area contributed by atoms with Gasteiger partial charge < -0.3 is 15.4 Å². The van der Waals surface area contributed by atoms with Crippen LogP contribution in [-0.4, -0.2) is 21.8 Å². The summed E-state index contributed by atoms with van der Waals surface area (Å²) in [5.74, 6) is 0. The van der Waals surface area contributed by atoms with Crippen LogP contribution in [0.4, 0.5) is 0 Å². The Morgan fingerprint density at radius 3 is 1.60 bits per heavy atom. The van der Waals surface area contributed by atoms with E-state index in [1.165, 1.54) is 0 Å². The van der Waals surface area contributed by atoms with Crippen LogP contribution in [-0.2, 0) is 0 Å². The summed E-state index contributed by atoms with van der Waals surface area (Å²) in [6.45, 7) is 0. The van der Waals surface area contributed by atoms with Gasteiger partial charge in [0.15, 0.2) is 0 Å². The highest BCUT2D eigenvalue weighted by Crippen LogP contribution is 1.51. The molecule has 0 fully saturated rings. The highest BCUT2D eigenvalue weighted by atomic mass is 16.6. The Morgan fingerprint density at radius 2 is 1.60 bits per heavy atom. The van der Waals surface area contributed by atoms with Gasteiger partial charge in [0.25, 0.3) is 0 Å². The van der Waals surface area contributed by atoms with Crippen LogP contribution in [0.3, 0.4) is 0 Å². The maximum absolute atomic E-state index is 7.56. The molecule has 0 heterocycles. The predicted molar refractivity (Wildman–Crippen MR) is 13.1 cm³/mol. The van der Waals surface area contributed by atoms with Gasteiger partial charge in [0.05, 0.1) is 0 Å². The van der Waals surface area contributed by atoms with Gasteiger partial charge in [0, 0.05) is 0 Å². The maximum Gasteiger partial charge on any atom is 0.233 e. The Bertz CT molecular complexity index is 20.9. The summed E-state index contributed by atoms with van der Waals surface area (Å²) in [5.41, 5.74) is 1.14. The molecule has 0 aromatic rings. The molecule has 0 aliphatic carbocycles. The molecule has 0 aliphatic rings. The topological polar surface area (TPSA) is 72.7 Å². The third kappa shape index (κ3) is 3.84. The molecule has 0 radical (unpaired) electrons. The second-order valence-electron chi connectivity index (χ2n) is 0.503. The molecule has 0 amide bonds. The van der Waals surface area contributed by atoms with E-state index in [1.807, 2.05) is 0 Å². The van der Waals surface area contributed by atoms with E-state index >= 15 is 0 Å². The van der Waals surface area contributed by atoms with Crippen molar-refractivity contribution < 1.29 is 15.4 Å². The van der Waals surface area contributed by atoms with Crippen molar-refractivity contribution in [1.29, 1.82) is 0 Å². The summed E-state index contributed by atoms with van der Waals surface area (Å²) in [6, 6.07) is 0. The first-order valence-corrected chi connectivity index (χ1v) is 1.03. The lowest BCUT2D eigenvalue weighted by Crippen LogP contribution is -2.23. The minimum atomic E-state index is -1.81. The Balaban J connectivity index is 2.54. The molecular weight excluding hydrogens is 74.0 g/mol. The van der Waals surface area contributed by atoms with Gasteiger partial charge in [-0.1, -0.05) is 0 Å². The first-order chi connectivity index (χ1) is 2.27. The number of hydroxylamine groups is 1. The zero-order chi connectivity index (χ0) is 4.28. The Labute approximate surface area is 28.6 Å². The van der Waals surface area contributed by atoms with Crippen molar-refractivity contribution in [2.75, 3.05) is 0 Å². The van der Waals surface area contributed by atoms with Crippen LogP contribution in [0.25, 0.3) is 0 Å². The highest BCUT2D eigenvalue weighted by Gasteiger charge is 1.82. The Kier molecular flexibility index (Phi) is 2.03. The lowest BCUT2D eigenvalue weighted by atomic mass is 11.2. The fraction of sp³-hybridized carbons (Fsp3) is 1.00. The summed E-state index contributed by atoms with van der Waals surface area (Å²) in [4.78, 5) is 0. The van der Waals surface area contributed by atoms with Crippen LogP contribution in [0, 0.1) is 0 Å². The van der Waals surface area contributed by atoms with Crippen LogP contribution >= 0.6 is 0 Å². The first-order valence-electron chi connectivity index (χ1n) is 1.03. The zero-order valence-electron chi connectivity index (χ0n) is 2.42. The van der Waals surface area contributed by atoms with Crippen LogP contribution in [0.1, 0.15) is 0 Å². The summed E-state index contributed by atoms with van der Waals surface area (Å²) < 4.78 is 0. The summed E-state index contributed by atoms with van der Waals surface area (Å²) in [7, 11) is 0. The van der Waals surface area contributed by atoms with Crippen molar-refractivity contribution in [3.8, 4) is 0 Å². The number of rotatable bonds is 1. The lowest BCUT2D eigenvalue weighted by Gasteiger charge is -1.92. The van der Waals surface area contributed by atoms with E-state index in [2.05, 4.69) is 0 Å². The quantitative estimate of drug-likeness (QED) is 0.222. The van der Waals surface area contributed by atoms with Gasteiger partial charge in [-0.05, 0) is 0 Å². The number of nitrogens with one attached hydrogen (secondary N) is 1. The maximum atomic E-state index is 7.56. The number of aliphatic hydroxyl groups is 2. The van der Waals surface area contributed by atoms with E-state index in [0.29, 0.717) is 0 Å². The van der Waals surface area contributed by atoms with E-state index in [0.717, 1.165) is 5.48 Å². The predicted octanol–water partition coefficient (Wildman–Crippen LogP) is -1.77. The van der Waals surface area contributed by atoms with Gasteiger partial charge in [-0.2, -0.15) is 5.48 Å². The summed E-state index contributed by atoms with van der Waals surface area (Å²) in [6.07, 6.45) is -1.81. The van der Waals surface area contributed by atoms with E-state index in [9.17, 15) is 0 Å². The highest BCUT2D eigenvalue weighted by molar-refractivity contribution is 4.01. The largest absolute Gasteiger partial charge is 0.354 e. The zero-order valence-corrected chi connectivity index (χ0v) is 2.42. The fourth-order valence-electron chi connectivity index (χ4n) is 0. The number of hydrogen-bond acceptors (Lipinski definition) is 4. The van der Waals surface area contributed by atoms with Crippen molar-refractivity contribution in [1.82, 2.24) is 5.48 Å². The van der Waals surface area contributed by atoms with E-state index in [1.54, 1.807) is 0 Å². The van der Waals surface area contributed by atoms with Gasteiger partial charge >= 0.3 is 0 Å². The summed E-state index contributed by atoms with van der Waals surface area (Å²) >= 11 is 0. The van der Waals surface area contributed by atoms with Gasteiger partial charge in [-0.3, -0.25) is 0 Å². The van der Waals surface area contributed by atoms with Gasteiger partial charge in [0.1, 0.15) is 0 Å². The molecule has 4 N–H and O–H groups in total. The second-order valence-corrected chi connectivity index (χ2v) is 0.503. The monoisotopic (exact) mass is 79.0 g/mol. The number of aliphatic hydroxyl groups excluding tert-OH is 1. The first kappa shape index (κ1) is 4.84. The molecule has 0 atom stereocenters. The van der Waals surface area contributed by atoms with Crippen molar-refractivity contribution in [3.63, 3.8) is 0 Å². The average Bonchev–Trinajstić information content (AvgIpc) is 1.38. The molecule has 0 aromatic heterocycles. The molecule has 5 heavy (non-hydrogen) atoms. The van der Waals surface area contributed by atoms with E-state index in [-0.39, 0.29) is 0 Å². The molecule has 0 saturated carbocycles. The standard InChI is InChI=1S/CH5NO3/c3-1(4)2-5/h1-5H. The van der Waals surface area contributed by atoms with Crippen molar-refractivity contribution >= 4 is 0 Å². The molecule has 4 heteroatoms. The third-order valence-electron chi connectivity index (χ3n) is 0.115. The molecule has 32 valence electrons. The van der Waals surface area contributed by atoms with Gasteiger partial charge in [0.2, 0.25) is 6.41 Å². The molecular formula is CH5NO3. The van der Waals surface area contributed by atoms with Crippen molar-refractivity contribution in [3.05, 3.63) is 0 Å². The normalized spacial score (nSPS) is 9.60. The average molecular weight is 79.1 g/mol. The van der Waals surface area contributed by atoms with Crippen molar-refractivity contribution in [2.45, 2.75) is 6.41 Å². The minimum absolute atomic E-state index is 1.14. The third-order valence-corrected chi connectivity index (χ3v) is 0.115.